The van der Waals surface area contributed by atoms with Crippen LogP contribution in [0.15, 0.2) is 30.3 Å². The highest BCUT2D eigenvalue weighted by Gasteiger charge is 2.21. The fraction of sp³-hybridized carbons (Fsp3) is 0.562. The van der Waals surface area contributed by atoms with Crippen molar-refractivity contribution in [2.24, 2.45) is 0 Å². The molecule has 106 valence electrons. The second-order valence-electron chi connectivity index (χ2n) is 5.64. The molecule has 0 aliphatic rings. The second kappa shape index (κ2) is 7.29. The molecule has 19 heavy (non-hydrogen) atoms. The van der Waals surface area contributed by atoms with Crippen molar-refractivity contribution in [2.75, 3.05) is 6.61 Å². The third kappa shape index (κ3) is 6.97. The van der Waals surface area contributed by atoms with Crippen molar-refractivity contribution in [1.29, 1.82) is 0 Å². The van der Waals surface area contributed by atoms with E-state index >= 15 is 0 Å². The Morgan fingerprint density at radius 2 is 1.84 bits per heavy atom. The Morgan fingerprint density at radius 3 is 2.42 bits per heavy atom. The van der Waals surface area contributed by atoms with Crippen LogP contribution in [-0.2, 0) is 20.7 Å². The first-order valence-electron chi connectivity index (χ1n) is 6.77. The summed E-state index contributed by atoms with van der Waals surface area (Å²) in [7, 11) is 0. The molecule has 3 heteroatoms. The van der Waals surface area contributed by atoms with Crippen molar-refractivity contribution in [3.63, 3.8) is 0 Å². The SMILES string of the molecule is CC(OCCCc1ccccc1)C(=O)OC(C)(C)C. The molecule has 0 bridgehead atoms. The molecule has 0 saturated heterocycles. The maximum atomic E-state index is 11.7. The average Bonchev–Trinajstić information content (AvgIpc) is 2.33. The van der Waals surface area contributed by atoms with Crippen molar-refractivity contribution in [2.45, 2.75) is 52.2 Å². The van der Waals surface area contributed by atoms with E-state index in [-0.39, 0.29) is 5.97 Å². The third-order valence-electron chi connectivity index (χ3n) is 2.56. The molecular weight excluding hydrogens is 240 g/mol. The van der Waals surface area contributed by atoms with Crippen LogP contribution in [0.1, 0.15) is 39.7 Å². The lowest BCUT2D eigenvalue weighted by molar-refractivity contribution is -0.167. The average molecular weight is 264 g/mol. The van der Waals surface area contributed by atoms with E-state index in [1.807, 2.05) is 39.0 Å². The van der Waals surface area contributed by atoms with Crippen molar-refractivity contribution in [3.8, 4) is 0 Å². The Labute approximate surface area is 115 Å². The van der Waals surface area contributed by atoms with Crippen LogP contribution >= 0.6 is 0 Å². The van der Waals surface area contributed by atoms with Crippen LogP contribution in [0.3, 0.4) is 0 Å². The summed E-state index contributed by atoms with van der Waals surface area (Å²) in [5, 5.41) is 0. The number of hydrogen-bond donors (Lipinski definition) is 0. The first-order valence-corrected chi connectivity index (χ1v) is 6.77. The highest BCUT2D eigenvalue weighted by molar-refractivity contribution is 5.74. The van der Waals surface area contributed by atoms with Gasteiger partial charge in [0.1, 0.15) is 5.60 Å². The van der Waals surface area contributed by atoms with Crippen LogP contribution in [0.4, 0.5) is 0 Å². The van der Waals surface area contributed by atoms with Gasteiger partial charge in [-0.3, -0.25) is 0 Å². The predicted octanol–water partition coefficient (Wildman–Crippen LogP) is 3.37. The number of hydrogen-bond acceptors (Lipinski definition) is 3. The summed E-state index contributed by atoms with van der Waals surface area (Å²) in [6, 6.07) is 10.2. The lowest BCUT2D eigenvalue weighted by atomic mass is 10.1. The summed E-state index contributed by atoms with van der Waals surface area (Å²) in [4.78, 5) is 11.7. The first kappa shape index (κ1) is 15.7. The minimum atomic E-state index is -0.505. The quantitative estimate of drug-likeness (QED) is 0.584. The van der Waals surface area contributed by atoms with Gasteiger partial charge in [0.15, 0.2) is 6.10 Å². The Hall–Kier alpha value is -1.35. The lowest BCUT2D eigenvalue weighted by Gasteiger charge is -2.22. The Balaban J connectivity index is 2.20. The fourth-order valence-electron chi connectivity index (χ4n) is 1.63. The molecule has 0 aliphatic carbocycles. The molecule has 0 aliphatic heterocycles. The maximum Gasteiger partial charge on any atom is 0.335 e. The molecule has 1 unspecified atom stereocenters. The molecule has 1 aromatic carbocycles. The molecule has 0 spiro atoms. The standard InChI is InChI=1S/C16H24O3/c1-13(15(17)19-16(2,3)4)18-12-8-11-14-9-6-5-7-10-14/h5-7,9-10,13H,8,11-12H2,1-4H3. The lowest BCUT2D eigenvalue weighted by Crippen LogP contribution is -2.32. The Kier molecular flexibility index (Phi) is 6.03. The Bertz CT molecular complexity index is 379. The number of carbonyl (C=O) groups excluding carboxylic acids is 1. The van der Waals surface area contributed by atoms with Gasteiger partial charge < -0.3 is 9.47 Å². The van der Waals surface area contributed by atoms with Crippen LogP contribution in [0.5, 0.6) is 0 Å². The number of carbonyl (C=O) groups is 1. The molecule has 0 radical (unpaired) electrons. The minimum absolute atomic E-state index is 0.299. The molecule has 3 nitrogen and oxygen atoms in total. The summed E-state index contributed by atoms with van der Waals surface area (Å²) in [6.45, 7) is 7.86. The van der Waals surface area contributed by atoms with Gasteiger partial charge in [0.25, 0.3) is 0 Å². The molecular formula is C16H24O3. The van der Waals surface area contributed by atoms with E-state index in [4.69, 9.17) is 9.47 Å². The van der Waals surface area contributed by atoms with Gasteiger partial charge in [-0.15, -0.1) is 0 Å². The van der Waals surface area contributed by atoms with Crippen LogP contribution in [0.2, 0.25) is 0 Å². The predicted molar refractivity (Wildman–Crippen MR) is 76.0 cm³/mol. The number of ether oxygens (including phenoxy) is 2. The number of benzene rings is 1. The summed E-state index contributed by atoms with van der Waals surface area (Å²) >= 11 is 0. The van der Waals surface area contributed by atoms with Crippen molar-refractivity contribution in [3.05, 3.63) is 35.9 Å². The highest BCUT2D eigenvalue weighted by atomic mass is 16.6. The van der Waals surface area contributed by atoms with E-state index in [1.165, 1.54) is 5.56 Å². The highest BCUT2D eigenvalue weighted by Crippen LogP contribution is 2.10. The topological polar surface area (TPSA) is 35.5 Å². The van der Waals surface area contributed by atoms with Crippen LogP contribution in [0, 0.1) is 0 Å². The van der Waals surface area contributed by atoms with Crippen LogP contribution < -0.4 is 0 Å². The van der Waals surface area contributed by atoms with E-state index in [1.54, 1.807) is 6.92 Å². The fourth-order valence-corrected chi connectivity index (χ4v) is 1.63. The molecule has 0 N–H and O–H groups in total. The molecule has 1 rings (SSSR count). The normalized spacial score (nSPS) is 13.1. The third-order valence-corrected chi connectivity index (χ3v) is 2.56. The van der Waals surface area contributed by atoms with Gasteiger partial charge in [-0.2, -0.15) is 0 Å². The first-order chi connectivity index (χ1) is 8.88. The largest absolute Gasteiger partial charge is 0.458 e. The van der Waals surface area contributed by atoms with Gasteiger partial charge in [-0.25, -0.2) is 4.79 Å². The summed E-state index contributed by atoms with van der Waals surface area (Å²) in [5.74, 6) is -0.299. The van der Waals surface area contributed by atoms with Gasteiger partial charge in [-0.05, 0) is 46.1 Å². The molecule has 1 aromatic rings. The maximum absolute atomic E-state index is 11.7. The summed E-state index contributed by atoms with van der Waals surface area (Å²) in [6.07, 6.45) is 1.36. The van der Waals surface area contributed by atoms with E-state index in [0.29, 0.717) is 6.61 Å². The van der Waals surface area contributed by atoms with Crippen molar-refractivity contribution in [1.82, 2.24) is 0 Å². The summed E-state index contributed by atoms with van der Waals surface area (Å²) in [5.41, 5.74) is 0.828. The number of aryl methyl sites for hydroxylation is 1. The second-order valence-corrected chi connectivity index (χ2v) is 5.64. The molecule has 0 heterocycles. The minimum Gasteiger partial charge on any atom is -0.458 e. The molecule has 0 aromatic heterocycles. The molecule has 0 saturated carbocycles. The zero-order valence-electron chi connectivity index (χ0n) is 12.3. The summed E-state index contributed by atoms with van der Waals surface area (Å²) < 4.78 is 10.7. The van der Waals surface area contributed by atoms with Gasteiger partial charge in [-0.1, -0.05) is 30.3 Å². The number of esters is 1. The molecule has 0 amide bonds. The zero-order chi connectivity index (χ0) is 14.3. The Morgan fingerprint density at radius 1 is 1.21 bits per heavy atom. The van der Waals surface area contributed by atoms with Gasteiger partial charge in [0, 0.05) is 6.61 Å². The molecule has 1 atom stereocenters. The van der Waals surface area contributed by atoms with Gasteiger partial charge >= 0.3 is 5.97 Å². The molecule has 0 fully saturated rings. The van der Waals surface area contributed by atoms with E-state index in [2.05, 4.69) is 12.1 Å². The van der Waals surface area contributed by atoms with Crippen LogP contribution in [-0.4, -0.2) is 24.3 Å². The van der Waals surface area contributed by atoms with Crippen LogP contribution in [0.25, 0.3) is 0 Å². The van der Waals surface area contributed by atoms with E-state index in [9.17, 15) is 4.79 Å². The van der Waals surface area contributed by atoms with E-state index in [0.717, 1.165) is 12.8 Å². The van der Waals surface area contributed by atoms with E-state index < -0.39 is 11.7 Å². The monoisotopic (exact) mass is 264 g/mol. The number of rotatable bonds is 6. The zero-order valence-corrected chi connectivity index (χ0v) is 12.3. The van der Waals surface area contributed by atoms with Gasteiger partial charge in [0.2, 0.25) is 0 Å². The smallest absolute Gasteiger partial charge is 0.335 e. The van der Waals surface area contributed by atoms with Crippen molar-refractivity contribution >= 4 is 5.97 Å². The van der Waals surface area contributed by atoms with Crippen molar-refractivity contribution < 1.29 is 14.3 Å². The van der Waals surface area contributed by atoms with Gasteiger partial charge in [0.05, 0.1) is 0 Å².